The predicted octanol–water partition coefficient (Wildman–Crippen LogP) is 4.58. The second-order valence-corrected chi connectivity index (χ2v) is 5.59. The van der Waals surface area contributed by atoms with E-state index < -0.39 is 0 Å². The lowest BCUT2D eigenvalue weighted by atomic mass is 10.0. The average Bonchev–Trinajstić information content (AvgIpc) is 3.05. The van der Waals surface area contributed by atoms with Gasteiger partial charge in [0.15, 0.2) is 5.65 Å². The van der Waals surface area contributed by atoms with Gasteiger partial charge in [-0.05, 0) is 36.6 Å². The van der Waals surface area contributed by atoms with Crippen molar-refractivity contribution in [1.82, 2.24) is 15.0 Å². The zero-order chi connectivity index (χ0) is 15.6. The van der Waals surface area contributed by atoms with E-state index in [4.69, 9.17) is 4.18 Å². The predicted molar refractivity (Wildman–Crippen MR) is 95.3 cm³/mol. The van der Waals surface area contributed by atoms with Crippen molar-refractivity contribution in [2.75, 3.05) is 0 Å². The monoisotopic (exact) mass is 321 g/mol. The highest BCUT2D eigenvalue weighted by molar-refractivity contribution is 7.75. The molecule has 0 fully saturated rings. The lowest BCUT2D eigenvalue weighted by Crippen LogP contribution is -1.88. The number of para-hydroxylation sites is 1. The Balaban J connectivity index is 1.79. The number of aromatic amines is 1. The normalized spacial score (nSPS) is 14.0. The molecule has 4 nitrogen and oxygen atoms in total. The minimum atomic E-state index is 0.660. The van der Waals surface area contributed by atoms with Gasteiger partial charge in [0.2, 0.25) is 0 Å². The summed E-state index contributed by atoms with van der Waals surface area (Å²) in [7, 11) is 0. The van der Waals surface area contributed by atoms with E-state index in [-0.39, 0.29) is 0 Å². The van der Waals surface area contributed by atoms with E-state index in [1.165, 1.54) is 5.57 Å². The number of nitrogens with zero attached hydrogens (tertiary/aromatic N) is 2. The van der Waals surface area contributed by atoms with E-state index in [0.29, 0.717) is 11.4 Å². The second kappa shape index (κ2) is 5.93. The van der Waals surface area contributed by atoms with E-state index in [1.807, 2.05) is 30.5 Å². The van der Waals surface area contributed by atoms with Gasteiger partial charge in [0.1, 0.15) is 11.6 Å². The molecule has 0 radical (unpaired) electrons. The molecule has 1 aromatic carbocycles. The Hall–Kier alpha value is -2.53. The molecule has 2 aromatic heterocycles. The number of pyridine rings is 1. The van der Waals surface area contributed by atoms with Crippen LogP contribution in [0, 0.1) is 0 Å². The van der Waals surface area contributed by atoms with Crippen molar-refractivity contribution in [3.63, 3.8) is 0 Å². The van der Waals surface area contributed by atoms with Crippen LogP contribution in [0.5, 0.6) is 5.75 Å². The lowest BCUT2D eigenvalue weighted by molar-refractivity contribution is 0.660. The third-order valence-corrected chi connectivity index (χ3v) is 4.10. The Labute approximate surface area is 139 Å². The van der Waals surface area contributed by atoms with Gasteiger partial charge in [-0.25, -0.2) is 9.97 Å². The molecule has 0 spiro atoms. The van der Waals surface area contributed by atoms with Gasteiger partial charge in [-0.1, -0.05) is 30.4 Å². The zero-order valence-corrected chi connectivity index (χ0v) is 13.3. The second-order valence-electron chi connectivity index (χ2n) is 5.41. The van der Waals surface area contributed by atoms with E-state index in [2.05, 4.69) is 52.2 Å². The first-order valence-corrected chi connectivity index (χ1v) is 7.85. The zero-order valence-electron chi connectivity index (χ0n) is 12.4. The fraction of sp³-hybridized carbons (Fsp3) is 0.111. The number of rotatable bonds is 3. The first-order chi connectivity index (χ1) is 11.3. The van der Waals surface area contributed by atoms with Gasteiger partial charge in [0.25, 0.3) is 0 Å². The molecule has 0 saturated carbocycles. The Morgan fingerprint density at radius 3 is 2.91 bits per heavy atom. The number of fused-ring (bicyclic) bond motifs is 1. The first-order valence-electron chi connectivity index (χ1n) is 7.49. The fourth-order valence-corrected chi connectivity index (χ4v) is 2.91. The van der Waals surface area contributed by atoms with Crippen molar-refractivity contribution in [2.24, 2.45) is 0 Å². The van der Waals surface area contributed by atoms with Crippen molar-refractivity contribution in [2.45, 2.75) is 12.8 Å². The first kappa shape index (κ1) is 14.1. The SMILES string of the molecule is SOc1ccccc1-c1nc2ncc(C3=CCCC=C3)cc2[nH]1. The molecule has 114 valence electrons. The molecular weight excluding hydrogens is 306 g/mol. The van der Waals surface area contributed by atoms with Crippen molar-refractivity contribution >= 4 is 29.6 Å². The van der Waals surface area contributed by atoms with Crippen molar-refractivity contribution in [3.05, 3.63) is 60.3 Å². The minimum Gasteiger partial charge on any atom is -0.428 e. The van der Waals surface area contributed by atoms with Gasteiger partial charge in [0.05, 0.1) is 11.1 Å². The fourth-order valence-electron chi connectivity index (χ4n) is 2.75. The molecule has 0 bridgehead atoms. The summed E-state index contributed by atoms with van der Waals surface area (Å²) in [5.74, 6) is 1.38. The number of hydrogen-bond donors (Lipinski definition) is 2. The number of allylic oxidation sites excluding steroid dienone is 4. The maximum absolute atomic E-state index is 5.11. The number of H-pyrrole nitrogens is 1. The van der Waals surface area contributed by atoms with Crippen LogP contribution < -0.4 is 4.18 Å². The molecule has 1 aliphatic rings. The smallest absolute Gasteiger partial charge is 0.178 e. The highest BCUT2D eigenvalue weighted by Crippen LogP contribution is 2.30. The van der Waals surface area contributed by atoms with Crippen LogP contribution in [0.4, 0.5) is 0 Å². The summed E-state index contributed by atoms with van der Waals surface area (Å²) in [6, 6.07) is 9.72. The van der Waals surface area contributed by atoms with Crippen LogP contribution in [-0.4, -0.2) is 15.0 Å². The number of imidazole rings is 1. The van der Waals surface area contributed by atoms with Crippen LogP contribution in [0.3, 0.4) is 0 Å². The van der Waals surface area contributed by atoms with E-state index in [0.717, 1.165) is 35.3 Å². The molecule has 1 aliphatic carbocycles. The van der Waals surface area contributed by atoms with Crippen LogP contribution in [0.15, 0.2) is 54.8 Å². The summed E-state index contributed by atoms with van der Waals surface area (Å²) < 4.78 is 5.11. The molecule has 0 unspecified atom stereocenters. The third kappa shape index (κ3) is 2.64. The molecule has 23 heavy (non-hydrogen) atoms. The lowest BCUT2D eigenvalue weighted by Gasteiger charge is -2.06. The van der Waals surface area contributed by atoms with Crippen molar-refractivity contribution in [3.8, 4) is 17.1 Å². The number of nitrogens with one attached hydrogen (secondary N) is 1. The van der Waals surface area contributed by atoms with Crippen LogP contribution in [0.25, 0.3) is 28.1 Å². The van der Waals surface area contributed by atoms with Gasteiger partial charge in [-0.2, -0.15) is 0 Å². The van der Waals surface area contributed by atoms with Gasteiger partial charge >= 0.3 is 0 Å². The molecule has 0 atom stereocenters. The summed E-state index contributed by atoms with van der Waals surface area (Å²) in [6.45, 7) is 0. The standard InChI is InChI=1S/C18H15N3OS/c23-22-16-9-5-4-8-14(16)17-20-15-10-13(11-19-18(15)21-17)12-6-2-1-3-7-12/h2,4-11,23H,1,3H2,(H,19,20,21). The Morgan fingerprint density at radius 1 is 1.17 bits per heavy atom. The maximum Gasteiger partial charge on any atom is 0.178 e. The Kier molecular flexibility index (Phi) is 3.63. The third-order valence-electron chi connectivity index (χ3n) is 3.91. The summed E-state index contributed by atoms with van der Waals surface area (Å²) >= 11 is 3.91. The molecule has 4 rings (SSSR count). The summed E-state index contributed by atoms with van der Waals surface area (Å²) in [5.41, 5.74) is 4.77. The maximum atomic E-state index is 5.11. The van der Waals surface area contributed by atoms with Gasteiger partial charge in [-0.3, -0.25) is 0 Å². The number of hydrogen-bond acceptors (Lipinski definition) is 4. The molecule has 0 saturated heterocycles. The largest absolute Gasteiger partial charge is 0.428 e. The van der Waals surface area contributed by atoms with E-state index in [9.17, 15) is 0 Å². The minimum absolute atomic E-state index is 0.660. The highest BCUT2D eigenvalue weighted by atomic mass is 32.1. The van der Waals surface area contributed by atoms with Crippen LogP contribution >= 0.6 is 12.9 Å². The summed E-state index contributed by atoms with van der Waals surface area (Å²) in [6.07, 6.45) is 10.6. The number of benzene rings is 1. The Bertz CT molecular complexity index is 927. The molecule has 1 N–H and O–H groups in total. The highest BCUT2D eigenvalue weighted by Gasteiger charge is 2.12. The van der Waals surface area contributed by atoms with Gasteiger partial charge < -0.3 is 9.17 Å². The van der Waals surface area contributed by atoms with Crippen LogP contribution in [0.2, 0.25) is 0 Å². The molecule has 5 heteroatoms. The topological polar surface area (TPSA) is 50.8 Å². The molecular formula is C18H15N3OS. The van der Waals surface area contributed by atoms with Crippen LogP contribution in [0.1, 0.15) is 18.4 Å². The summed E-state index contributed by atoms with van der Waals surface area (Å²) in [4.78, 5) is 12.4. The van der Waals surface area contributed by atoms with Gasteiger partial charge in [0, 0.05) is 24.7 Å². The van der Waals surface area contributed by atoms with Crippen molar-refractivity contribution < 1.29 is 4.18 Å². The van der Waals surface area contributed by atoms with E-state index >= 15 is 0 Å². The Morgan fingerprint density at radius 2 is 2.09 bits per heavy atom. The molecule has 0 amide bonds. The van der Waals surface area contributed by atoms with Crippen LogP contribution in [-0.2, 0) is 0 Å². The molecule has 3 aromatic rings. The molecule has 0 aliphatic heterocycles. The summed E-state index contributed by atoms with van der Waals surface area (Å²) in [5, 5.41) is 0. The number of thiol groups is 1. The van der Waals surface area contributed by atoms with Gasteiger partial charge in [-0.15, -0.1) is 0 Å². The van der Waals surface area contributed by atoms with Crippen molar-refractivity contribution in [1.29, 1.82) is 0 Å². The quantitative estimate of drug-likeness (QED) is 0.548. The molecule has 2 heterocycles. The number of aromatic nitrogens is 3. The average molecular weight is 321 g/mol. The van der Waals surface area contributed by atoms with E-state index in [1.54, 1.807) is 0 Å².